The van der Waals surface area contributed by atoms with Gasteiger partial charge in [-0.15, -0.1) is 12.4 Å². The van der Waals surface area contributed by atoms with Gasteiger partial charge in [-0.3, -0.25) is 5.32 Å². The largest absolute Gasteiger partial charge is 0.381 e. The van der Waals surface area contributed by atoms with Gasteiger partial charge in [-0.2, -0.15) is 4.98 Å². The average molecular weight is 404 g/mol. The van der Waals surface area contributed by atoms with Gasteiger partial charge in [0, 0.05) is 23.2 Å². The van der Waals surface area contributed by atoms with E-state index in [1.165, 1.54) is 5.56 Å². The van der Waals surface area contributed by atoms with Crippen LogP contribution in [0, 0.1) is 0 Å². The average Bonchev–Trinajstić information content (AvgIpc) is 3.03. The summed E-state index contributed by atoms with van der Waals surface area (Å²) in [5.74, 6) is 1.09. The molecule has 23 heavy (non-hydrogen) atoms. The van der Waals surface area contributed by atoms with Crippen molar-refractivity contribution in [1.82, 2.24) is 15.5 Å². The number of hydrogen-bond acceptors (Lipinski definition) is 6. The summed E-state index contributed by atoms with van der Waals surface area (Å²) in [6.07, 6.45) is 1.83. The lowest BCUT2D eigenvalue weighted by atomic mass is 9.82. The Hall–Kier alpha value is -0.990. The Bertz CT molecular complexity index is 614. The third-order valence-corrected chi connectivity index (χ3v) is 4.54. The minimum atomic E-state index is -0.123. The molecule has 0 atom stereocenters. The van der Waals surface area contributed by atoms with Crippen LogP contribution in [-0.4, -0.2) is 23.4 Å². The second-order valence-corrected chi connectivity index (χ2v) is 6.28. The van der Waals surface area contributed by atoms with E-state index in [0.717, 1.165) is 30.5 Å². The van der Waals surface area contributed by atoms with E-state index in [1.807, 2.05) is 0 Å². The molecule has 126 valence electrons. The lowest BCUT2D eigenvalue weighted by Crippen LogP contribution is -2.46. The summed E-state index contributed by atoms with van der Waals surface area (Å²) in [5.41, 5.74) is 6.62. The van der Waals surface area contributed by atoms with Crippen LogP contribution in [0.3, 0.4) is 0 Å². The quantitative estimate of drug-likeness (QED) is 0.798. The fraction of sp³-hybridized carbons (Fsp3) is 0.467. The molecule has 0 radical (unpaired) electrons. The van der Waals surface area contributed by atoms with Gasteiger partial charge in [0.2, 0.25) is 5.89 Å². The van der Waals surface area contributed by atoms with Crippen molar-refractivity contribution in [3.63, 3.8) is 0 Å². The van der Waals surface area contributed by atoms with E-state index in [0.29, 0.717) is 18.3 Å². The predicted octanol–water partition coefficient (Wildman–Crippen LogP) is 2.51. The topological polar surface area (TPSA) is 86.2 Å². The van der Waals surface area contributed by atoms with Crippen LogP contribution in [0.25, 0.3) is 0 Å². The van der Waals surface area contributed by atoms with Crippen LogP contribution >= 0.6 is 28.3 Å². The Morgan fingerprint density at radius 1 is 1.22 bits per heavy atom. The molecule has 1 aliphatic heterocycles. The van der Waals surface area contributed by atoms with Gasteiger partial charge in [0.1, 0.15) is 0 Å². The van der Waals surface area contributed by atoms with Gasteiger partial charge in [-0.1, -0.05) is 33.2 Å². The number of nitrogens with zero attached hydrogens (tertiary/aromatic N) is 2. The Kier molecular flexibility index (Phi) is 6.55. The highest BCUT2D eigenvalue weighted by atomic mass is 79.9. The van der Waals surface area contributed by atoms with E-state index in [4.69, 9.17) is 15.0 Å². The second kappa shape index (κ2) is 8.21. The minimum Gasteiger partial charge on any atom is -0.381 e. The first-order chi connectivity index (χ1) is 10.7. The van der Waals surface area contributed by atoms with Crippen LogP contribution in [0.1, 0.15) is 30.1 Å². The summed E-state index contributed by atoms with van der Waals surface area (Å²) in [6, 6.07) is 8.41. The highest BCUT2D eigenvalue weighted by Gasteiger charge is 2.34. The molecule has 3 N–H and O–H groups in total. The number of halogens is 2. The van der Waals surface area contributed by atoms with Gasteiger partial charge in [0.25, 0.3) is 0 Å². The maximum absolute atomic E-state index is 5.53. The van der Waals surface area contributed by atoms with Crippen molar-refractivity contribution in [2.75, 3.05) is 13.2 Å². The van der Waals surface area contributed by atoms with Crippen LogP contribution in [0.15, 0.2) is 33.3 Å². The molecule has 1 aliphatic rings. The van der Waals surface area contributed by atoms with Crippen LogP contribution in [-0.2, 0) is 23.4 Å². The fourth-order valence-corrected chi connectivity index (χ4v) is 3.01. The lowest BCUT2D eigenvalue weighted by Gasteiger charge is -2.38. The minimum absolute atomic E-state index is 0. The van der Waals surface area contributed by atoms with Crippen molar-refractivity contribution in [1.29, 1.82) is 0 Å². The molecular weight excluding hydrogens is 384 g/mol. The van der Waals surface area contributed by atoms with Crippen molar-refractivity contribution in [3.8, 4) is 0 Å². The zero-order valence-corrected chi connectivity index (χ0v) is 15.0. The van der Waals surface area contributed by atoms with Crippen molar-refractivity contribution >= 4 is 28.3 Å². The molecule has 0 unspecified atom stereocenters. The molecule has 0 bridgehead atoms. The number of nitrogens with two attached hydrogens (primary N) is 1. The first-order valence-electron chi connectivity index (χ1n) is 7.32. The zero-order chi connectivity index (χ0) is 15.4. The standard InChI is InChI=1S/C15H19BrN4O2.ClH/c16-12-3-1-11(2-4-12)15(5-7-21-8-6-15)18-10-13-19-14(9-17)22-20-13;/h1-4,18H,5-10,17H2;1H. The summed E-state index contributed by atoms with van der Waals surface area (Å²) < 4.78 is 11.7. The van der Waals surface area contributed by atoms with E-state index >= 15 is 0 Å². The third-order valence-electron chi connectivity index (χ3n) is 4.01. The van der Waals surface area contributed by atoms with Crippen LogP contribution in [0.2, 0.25) is 0 Å². The number of hydrogen-bond donors (Lipinski definition) is 2. The van der Waals surface area contributed by atoms with Crippen molar-refractivity contribution < 1.29 is 9.26 Å². The third kappa shape index (κ3) is 4.30. The van der Waals surface area contributed by atoms with Crippen LogP contribution in [0.4, 0.5) is 0 Å². The van der Waals surface area contributed by atoms with E-state index in [2.05, 4.69) is 55.7 Å². The second-order valence-electron chi connectivity index (χ2n) is 5.36. The molecule has 0 amide bonds. The van der Waals surface area contributed by atoms with Crippen LogP contribution in [0.5, 0.6) is 0 Å². The summed E-state index contributed by atoms with van der Waals surface area (Å²) in [5, 5.41) is 7.55. The van der Waals surface area contributed by atoms with Gasteiger partial charge < -0.3 is 15.0 Å². The van der Waals surface area contributed by atoms with Gasteiger partial charge >= 0.3 is 0 Å². The molecule has 6 nitrogen and oxygen atoms in total. The normalized spacial score (nSPS) is 16.8. The Morgan fingerprint density at radius 3 is 2.52 bits per heavy atom. The Balaban J connectivity index is 0.00000192. The predicted molar refractivity (Wildman–Crippen MR) is 92.2 cm³/mol. The van der Waals surface area contributed by atoms with E-state index in [-0.39, 0.29) is 24.5 Å². The SMILES string of the molecule is Cl.NCc1nc(CNC2(c3ccc(Br)cc3)CCOCC2)no1. The van der Waals surface area contributed by atoms with E-state index < -0.39 is 0 Å². The first kappa shape index (κ1) is 18.4. The molecule has 2 aromatic rings. The molecule has 2 heterocycles. The molecule has 1 aromatic carbocycles. The van der Waals surface area contributed by atoms with Gasteiger partial charge in [-0.05, 0) is 30.5 Å². The smallest absolute Gasteiger partial charge is 0.240 e. The highest BCUT2D eigenvalue weighted by molar-refractivity contribution is 9.10. The van der Waals surface area contributed by atoms with Crippen LogP contribution < -0.4 is 11.1 Å². The number of nitrogens with one attached hydrogen (secondary N) is 1. The van der Waals surface area contributed by atoms with Crippen molar-refractivity contribution in [2.45, 2.75) is 31.5 Å². The first-order valence-corrected chi connectivity index (χ1v) is 8.11. The van der Waals surface area contributed by atoms with Crippen molar-refractivity contribution in [2.24, 2.45) is 5.73 Å². The number of ether oxygens (including phenoxy) is 1. The van der Waals surface area contributed by atoms with Gasteiger partial charge in [0.15, 0.2) is 5.82 Å². The maximum Gasteiger partial charge on any atom is 0.240 e. The molecule has 3 rings (SSSR count). The van der Waals surface area contributed by atoms with Gasteiger partial charge in [0.05, 0.1) is 13.1 Å². The van der Waals surface area contributed by atoms with Crippen molar-refractivity contribution in [3.05, 3.63) is 46.0 Å². The maximum atomic E-state index is 5.53. The number of benzene rings is 1. The molecule has 0 saturated carbocycles. The molecule has 1 fully saturated rings. The fourth-order valence-electron chi connectivity index (χ4n) is 2.75. The molecule has 8 heteroatoms. The summed E-state index contributed by atoms with van der Waals surface area (Å²) >= 11 is 3.48. The van der Waals surface area contributed by atoms with E-state index in [9.17, 15) is 0 Å². The summed E-state index contributed by atoms with van der Waals surface area (Å²) in [4.78, 5) is 4.25. The lowest BCUT2D eigenvalue weighted by molar-refractivity contribution is 0.0354. The van der Waals surface area contributed by atoms with E-state index in [1.54, 1.807) is 0 Å². The van der Waals surface area contributed by atoms with Gasteiger partial charge in [-0.25, -0.2) is 0 Å². The monoisotopic (exact) mass is 402 g/mol. The molecule has 0 aliphatic carbocycles. The molecule has 0 spiro atoms. The summed E-state index contributed by atoms with van der Waals surface area (Å²) in [6.45, 7) is 2.28. The Morgan fingerprint density at radius 2 is 1.91 bits per heavy atom. The molecular formula is C15H20BrClN4O2. The Labute approximate surface area is 149 Å². The molecule has 1 saturated heterocycles. The highest BCUT2D eigenvalue weighted by Crippen LogP contribution is 2.33. The number of aromatic nitrogens is 2. The summed E-state index contributed by atoms with van der Waals surface area (Å²) in [7, 11) is 0. The molecule has 1 aromatic heterocycles. The number of rotatable bonds is 5. The zero-order valence-electron chi connectivity index (χ0n) is 12.6.